The first-order chi connectivity index (χ1) is 8.65. The molecule has 1 amide bonds. The van der Waals surface area contributed by atoms with Gasteiger partial charge in [-0.1, -0.05) is 5.16 Å². The molecule has 0 radical (unpaired) electrons. The number of hydrogen-bond donors (Lipinski definition) is 0. The number of carbonyl (C=O) groups excluding carboxylic acids is 1. The topological polar surface area (TPSA) is 68.5 Å². The lowest BCUT2D eigenvalue weighted by atomic mass is 10.0. The van der Waals surface area contributed by atoms with E-state index in [9.17, 15) is 4.79 Å². The van der Waals surface area contributed by atoms with Gasteiger partial charge in [-0.25, -0.2) is 0 Å². The van der Waals surface area contributed by atoms with Gasteiger partial charge in [0.05, 0.1) is 0 Å². The van der Waals surface area contributed by atoms with Crippen molar-refractivity contribution in [2.24, 2.45) is 5.92 Å². The summed E-state index contributed by atoms with van der Waals surface area (Å²) in [6.45, 7) is 3.87. The van der Waals surface area contributed by atoms with Gasteiger partial charge in [0.1, 0.15) is 0 Å². The SMILES string of the molecule is Cc1nc(CCN(C)C(=O)C[C@H]2CCOC2)no1. The molecule has 0 saturated carbocycles. The summed E-state index contributed by atoms with van der Waals surface area (Å²) in [6, 6.07) is 0. The van der Waals surface area contributed by atoms with Gasteiger partial charge < -0.3 is 14.2 Å². The lowest BCUT2D eigenvalue weighted by Gasteiger charge is -2.17. The molecule has 100 valence electrons. The summed E-state index contributed by atoms with van der Waals surface area (Å²) in [6.07, 6.45) is 2.19. The highest BCUT2D eigenvalue weighted by Gasteiger charge is 2.21. The number of aryl methyl sites for hydroxylation is 1. The summed E-state index contributed by atoms with van der Waals surface area (Å²) in [5.41, 5.74) is 0. The minimum Gasteiger partial charge on any atom is -0.381 e. The molecule has 1 saturated heterocycles. The maximum atomic E-state index is 11.9. The maximum Gasteiger partial charge on any atom is 0.223 e. The first-order valence-corrected chi connectivity index (χ1v) is 6.26. The number of carbonyl (C=O) groups is 1. The van der Waals surface area contributed by atoms with E-state index in [0.29, 0.717) is 43.6 Å². The third-order valence-electron chi connectivity index (χ3n) is 3.15. The molecule has 2 heterocycles. The molecule has 0 aliphatic carbocycles. The summed E-state index contributed by atoms with van der Waals surface area (Å²) >= 11 is 0. The average molecular weight is 253 g/mol. The van der Waals surface area contributed by atoms with E-state index >= 15 is 0 Å². The van der Waals surface area contributed by atoms with E-state index < -0.39 is 0 Å². The van der Waals surface area contributed by atoms with Crippen LogP contribution in [0.25, 0.3) is 0 Å². The van der Waals surface area contributed by atoms with Gasteiger partial charge >= 0.3 is 0 Å². The van der Waals surface area contributed by atoms with E-state index in [0.717, 1.165) is 13.0 Å². The second-order valence-corrected chi connectivity index (χ2v) is 4.73. The largest absolute Gasteiger partial charge is 0.381 e. The first-order valence-electron chi connectivity index (χ1n) is 6.26. The van der Waals surface area contributed by atoms with Crippen LogP contribution in [0.15, 0.2) is 4.52 Å². The van der Waals surface area contributed by atoms with Gasteiger partial charge in [0, 0.05) is 46.6 Å². The zero-order valence-corrected chi connectivity index (χ0v) is 10.9. The Labute approximate surface area is 106 Å². The lowest BCUT2D eigenvalue weighted by molar-refractivity contribution is -0.130. The van der Waals surface area contributed by atoms with Crippen molar-refractivity contribution in [3.63, 3.8) is 0 Å². The molecule has 0 unspecified atom stereocenters. The number of aromatic nitrogens is 2. The van der Waals surface area contributed by atoms with Gasteiger partial charge in [-0.15, -0.1) is 0 Å². The summed E-state index contributed by atoms with van der Waals surface area (Å²) in [7, 11) is 1.81. The van der Waals surface area contributed by atoms with Crippen LogP contribution in [-0.2, 0) is 16.0 Å². The highest BCUT2D eigenvalue weighted by atomic mass is 16.5. The Morgan fingerprint density at radius 2 is 2.39 bits per heavy atom. The normalized spacial score (nSPS) is 19.1. The molecule has 0 N–H and O–H groups in total. The predicted octanol–water partition coefficient (Wildman–Crippen LogP) is 0.806. The Balaban J connectivity index is 1.73. The van der Waals surface area contributed by atoms with Gasteiger partial charge in [0.2, 0.25) is 11.8 Å². The van der Waals surface area contributed by atoms with Crippen LogP contribution < -0.4 is 0 Å². The van der Waals surface area contributed by atoms with Crippen LogP contribution in [0.3, 0.4) is 0 Å². The monoisotopic (exact) mass is 253 g/mol. The van der Waals surface area contributed by atoms with Crippen LogP contribution in [-0.4, -0.2) is 47.8 Å². The zero-order valence-electron chi connectivity index (χ0n) is 10.9. The van der Waals surface area contributed by atoms with Crippen LogP contribution >= 0.6 is 0 Å². The number of likely N-dealkylation sites (N-methyl/N-ethyl adjacent to an activating group) is 1. The fraction of sp³-hybridized carbons (Fsp3) is 0.750. The molecule has 1 aromatic heterocycles. The number of rotatable bonds is 5. The van der Waals surface area contributed by atoms with Crippen LogP contribution in [0.2, 0.25) is 0 Å². The van der Waals surface area contributed by atoms with Crippen LogP contribution in [0.4, 0.5) is 0 Å². The van der Waals surface area contributed by atoms with E-state index in [1.807, 2.05) is 7.05 Å². The van der Waals surface area contributed by atoms with Crippen LogP contribution in [0, 0.1) is 12.8 Å². The van der Waals surface area contributed by atoms with E-state index in [2.05, 4.69) is 10.1 Å². The Kier molecular flexibility index (Phi) is 4.30. The fourth-order valence-electron chi connectivity index (χ4n) is 1.98. The molecule has 1 aliphatic rings. The minimum absolute atomic E-state index is 0.158. The quantitative estimate of drug-likeness (QED) is 0.776. The molecule has 6 heteroatoms. The van der Waals surface area contributed by atoms with Crippen LogP contribution in [0.5, 0.6) is 0 Å². The molecular weight excluding hydrogens is 234 g/mol. The van der Waals surface area contributed by atoms with Crippen molar-refractivity contribution >= 4 is 5.91 Å². The van der Waals surface area contributed by atoms with Gasteiger partial charge in [0.15, 0.2) is 5.82 Å². The Morgan fingerprint density at radius 3 is 3.00 bits per heavy atom. The highest BCUT2D eigenvalue weighted by molar-refractivity contribution is 5.76. The van der Waals surface area contributed by atoms with Crippen LogP contribution in [0.1, 0.15) is 24.6 Å². The molecule has 1 aromatic rings. The predicted molar refractivity (Wildman–Crippen MR) is 63.9 cm³/mol. The number of ether oxygens (including phenoxy) is 1. The van der Waals surface area contributed by atoms with Crippen molar-refractivity contribution in [2.45, 2.75) is 26.2 Å². The van der Waals surface area contributed by atoms with Crippen molar-refractivity contribution in [3.8, 4) is 0 Å². The van der Waals surface area contributed by atoms with Crippen molar-refractivity contribution in [3.05, 3.63) is 11.7 Å². The molecule has 1 atom stereocenters. The third kappa shape index (κ3) is 3.53. The molecule has 0 aromatic carbocycles. The summed E-state index contributed by atoms with van der Waals surface area (Å²) in [4.78, 5) is 17.8. The van der Waals surface area contributed by atoms with Gasteiger partial charge in [-0.2, -0.15) is 4.98 Å². The van der Waals surface area contributed by atoms with Gasteiger partial charge in [0.25, 0.3) is 0 Å². The molecule has 1 aliphatic heterocycles. The molecule has 2 rings (SSSR count). The highest BCUT2D eigenvalue weighted by Crippen LogP contribution is 2.17. The van der Waals surface area contributed by atoms with E-state index in [4.69, 9.17) is 9.26 Å². The standard InChI is InChI=1S/C12H19N3O3/c1-9-13-11(14-18-9)3-5-15(2)12(16)7-10-4-6-17-8-10/h10H,3-8H2,1-2H3/t10-/m1/s1. The van der Waals surface area contributed by atoms with Crippen molar-refractivity contribution in [2.75, 3.05) is 26.8 Å². The molecule has 0 spiro atoms. The number of hydrogen-bond acceptors (Lipinski definition) is 5. The van der Waals surface area contributed by atoms with Crippen molar-refractivity contribution in [1.82, 2.24) is 15.0 Å². The van der Waals surface area contributed by atoms with E-state index in [-0.39, 0.29) is 5.91 Å². The Morgan fingerprint density at radius 1 is 1.56 bits per heavy atom. The number of nitrogens with zero attached hydrogens (tertiary/aromatic N) is 3. The Hall–Kier alpha value is -1.43. The van der Waals surface area contributed by atoms with Crippen molar-refractivity contribution < 1.29 is 14.1 Å². The van der Waals surface area contributed by atoms with E-state index in [1.54, 1.807) is 11.8 Å². The molecule has 18 heavy (non-hydrogen) atoms. The van der Waals surface area contributed by atoms with Gasteiger partial charge in [-0.05, 0) is 12.3 Å². The molecule has 6 nitrogen and oxygen atoms in total. The number of amides is 1. The summed E-state index contributed by atoms with van der Waals surface area (Å²) in [5, 5.41) is 3.81. The van der Waals surface area contributed by atoms with Gasteiger partial charge in [-0.3, -0.25) is 4.79 Å². The molecule has 0 bridgehead atoms. The first kappa shape index (κ1) is 13.0. The Bertz CT molecular complexity index is 399. The minimum atomic E-state index is 0.158. The molecule has 1 fully saturated rings. The fourth-order valence-corrected chi connectivity index (χ4v) is 1.98. The lowest BCUT2D eigenvalue weighted by Crippen LogP contribution is -2.30. The summed E-state index contributed by atoms with van der Waals surface area (Å²) in [5.74, 6) is 1.75. The smallest absolute Gasteiger partial charge is 0.223 e. The third-order valence-corrected chi connectivity index (χ3v) is 3.15. The second kappa shape index (κ2) is 5.95. The zero-order chi connectivity index (χ0) is 13.0. The van der Waals surface area contributed by atoms with E-state index in [1.165, 1.54) is 0 Å². The maximum absolute atomic E-state index is 11.9. The van der Waals surface area contributed by atoms with Crippen molar-refractivity contribution in [1.29, 1.82) is 0 Å². The summed E-state index contributed by atoms with van der Waals surface area (Å²) < 4.78 is 10.2. The average Bonchev–Trinajstić information content (AvgIpc) is 2.97. The second-order valence-electron chi connectivity index (χ2n) is 4.73. The molecular formula is C12H19N3O3.